The highest BCUT2D eigenvalue weighted by atomic mass is 15.0. The predicted octanol–water partition coefficient (Wildman–Crippen LogP) is 2.45. The largest absolute Gasteiger partial charge is 0.397 e. The molecule has 0 fully saturated rings. The van der Waals surface area contributed by atoms with Gasteiger partial charge in [-0.15, -0.1) is 0 Å². The second-order valence-electron chi connectivity index (χ2n) is 4.50. The Morgan fingerprint density at radius 2 is 2.16 bits per heavy atom. The van der Waals surface area contributed by atoms with Crippen LogP contribution in [0.5, 0.6) is 0 Å². The fourth-order valence-electron chi connectivity index (χ4n) is 2.12. The molecule has 0 unspecified atom stereocenters. The first-order valence-corrected chi connectivity index (χ1v) is 6.43. The van der Waals surface area contributed by atoms with Gasteiger partial charge in [-0.2, -0.15) is 0 Å². The van der Waals surface area contributed by atoms with E-state index in [1.54, 1.807) is 6.20 Å². The number of nitrogens with zero attached hydrogens (tertiary/aromatic N) is 1. The summed E-state index contributed by atoms with van der Waals surface area (Å²) in [6.45, 7) is 4.99. The molecule has 0 radical (unpaired) electrons. The summed E-state index contributed by atoms with van der Waals surface area (Å²) in [7, 11) is 1.84. The van der Waals surface area contributed by atoms with Crippen LogP contribution in [0.1, 0.15) is 18.1 Å². The molecule has 4 heteroatoms. The van der Waals surface area contributed by atoms with E-state index in [1.807, 2.05) is 13.2 Å². The quantitative estimate of drug-likeness (QED) is 0.786. The van der Waals surface area contributed by atoms with Crippen LogP contribution in [0, 0.1) is 6.92 Å². The third-order valence-corrected chi connectivity index (χ3v) is 3.03. The highest BCUT2D eigenvalue weighted by molar-refractivity contribution is 5.89. The molecular weight excluding hydrogens is 236 g/mol. The van der Waals surface area contributed by atoms with E-state index < -0.39 is 0 Å². The lowest BCUT2D eigenvalue weighted by Gasteiger charge is -2.09. The van der Waals surface area contributed by atoms with Crippen LogP contribution in [-0.2, 0) is 0 Å². The topological polar surface area (TPSA) is 63.0 Å². The number of nitrogens with two attached hydrogens (primary N) is 1. The second-order valence-corrected chi connectivity index (χ2v) is 4.50. The van der Waals surface area contributed by atoms with E-state index in [2.05, 4.69) is 47.7 Å². The van der Waals surface area contributed by atoms with Crippen LogP contribution in [0.2, 0.25) is 0 Å². The lowest BCUT2D eigenvalue weighted by atomic mass is 10.0. The molecule has 0 aliphatic carbocycles. The van der Waals surface area contributed by atoms with Gasteiger partial charge in [0.1, 0.15) is 5.82 Å². The molecule has 4 nitrogen and oxygen atoms in total. The van der Waals surface area contributed by atoms with Crippen molar-refractivity contribution in [1.82, 2.24) is 10.3 Å². The zero-order valence-corrected chi connectivity index (χ0v) is 11.6. The first kappa shape index (κ1) is 13.2. The monoisotopic (exact) mass is 256 g/mol. The zero-order chi connectivity index (χ0) is 13.8. The Balaban J connectivity index is 2.55. The van der Waals surface area contributed by atoms with Crippen molar-refractivity contribution in [3.63, 3.8) is 0 Å². The molecule has 0 aliphatic heterocycles. The fraction of sp³-hybridized carbons (Fsp3) is 0.267. The summed E-state index contributed by atoms with van der Waals surface area (Å²) in [5, 5.41) is 8.48. The Kier molecular flexibility index (Phi) is 3.90. The van der Waals surface area contributed by atoms with Gasteiger partial charge in [-0.25, -0.2) is 4.98 Å². The van der Waals surface area contributed by atoms with Gasteiger partial charge in [-0.05, 0) is 48.6 Å². The molecule has 1 aromatic heterocycles. The van der Waals surface area contributed by atoms with Crippen molar-refractivity contribution in [2.45, 2.75) is 13.8 Å². The van der Waals surface area contributed by atoms with Crippen LogP contribution in [0.4, 0.5) is 5.82 Å². The SMILES string of the molecule is CCNc1cc2cc(/C(N)=C/NC)cc(C)c2cn1. The molecule has 1 heterocycles. The third kappa shape index (κ3) is 2.78. The van der Waals surface area contributed by atoms with Crippen LogP contribution >= 0.6 is 0 Å². The van der Waals surface area contributed by atoms with Crippen molar-refractivity contribution >= 4 is 22.3 Å². The van der Waals surface area contributed by atoms with E-state index in [9.17, 15) is 0 Å². The molecule has 0 saturated carbocycles. The van der Waals surface area contributed by atoms with E-state index in [0.717, 1.165) is 34.4 Å². The number of hydrogen-bond acceptors (Lipinski definition) is 4. The molecule has 0 saturated heterocycles. The normalized spacial score (nSPS) is 11.6. The molecule has 0 bridgehead atoms. The number of pyridine rings is 1. The van der Waals surface area contributed by atoms with Crippen molar-refractivity contribution < 1.29 is 0 Å². The van der Waals surface area contributed by atoms with Gasteiger partial charge < -0.3 is 16.4 Å². The summed E-state index contributed by atoms with van der Waals surface area (Å²) in [4.78, 5) is 4.40. The lowest BCUT2D eigenvalue weighted by molar-refractivity contribution is 1.10. The second kappa shape index (κ2) is 5.61. The van der Waals surface area contributed by atoms with Crippen LogP contribution in [0.3, 0.4) is 0 Å². The van der Waals surface area contributed by atoms with E-state index in [1.165, 1.54) is 5.56 Å². The van der Waals surface area contributed by atoms with Crippen LogP contribution in [0.15, 0.2) is 30.6 Å². The molecule has 1 aromatic carbocycles. The minimum atomic E-state index is 0.731. The van der Waals surface area contributed by atoms with Crippen molar-refractivity contribution in [2.24, 2.45) is 5.73 Å². The van der Waals surface area contributed by atoms with Crippen molar-refractivity contribution in [3.8, 4) is 0 Å². The third-order valence-electron chi connectivity index (χ3n) is 3.03. The van der Waals surface area contributed by atoms with Gasteiger partial charge in [0.2, 0.25) is 0 Å². The lowest BCUT2D eigenvalue weighted by Crippen LogP contribution is -2.04. The average Bonchev–Trinajstić information content (AvgIpc) is 2.39. The predicted molar refractivity (Wildman–Crippen MR) is 81.9 cm³/mol. The first-order chi connectivity index (χ1) is 9.15. The minimum Gasteiger partial charge on any atom is -0.397 e. The summed E-state index contributed by atoms with van der Waals surface area (Å²) in [5.41, 5.74) is 8.96. The zero-order valence-electron chi connectivity index (χ0n) is 11.6. The summed E-state index contributed by atoms with van der Waals surface area (Å²) >= 11 is 0. The van der Waals surface area contributed by atoms with Crippen LogP contribution in [-0.4, -0.2) is 18.6 Å². The van der Waals surface area contributed by atoms with Crippen LogP contribution in [0.25, 0.3) is 16.5 Å². The molecular formula is C15H20N4. The van der Waals surface area contributed by atoms with Gasteiger partial charge >= 0.3 is 0 Å². The Labute approximate surface area is 113 Å². The van der Waals surface area contributed by atoms with E-state index in [-0.39, 0.29) is 0 Å². The highest BCUT2D eigenvalue weighted by Crippen LogP contribution is 2.24. The number of rotatable bonds is 4. The Morgan fingerprint density at radius 3 is 2.84 bits per heavy atom. The molecule has 4 N–H and O–H groups in total. The number of benzene rings is 1. The maximum Gasteiger partial charge on any atom is 0.126 e. The van der Waals surface area contributed by atoms with Gasteiger partial charge in [0.25, 0.3) is 0 Å². The molecule has 2 aromatic rings. The summed E-state index contributed by atoms with van der Waals surface area (Å²) < 4.78 is 0. The molecule has 0 aliphatic rings. The molecule has 100 valence electrons. The van der Waals surface area contributed by atoms with Crippen molar-refractivity contribution in [3.05, 3.63) is 41.7 Å². The fourth-order valence-corrected chi connectivity index (χ4v) is 2.12. The molecule has 0 atom stereocenters. The molecule has 2 rings (SSSR count). The standard InChI is InChI=1S/C15H20N4/c1-4-18-15-7-11-6-12(14(16)9-17-3)5-10(2)13(11)8-19-15/h5-9,17H,4,16H2,1-3H3,(H,18,19)/b14-9-. The Bertz CT molecular complexity index is 617. The van der Waals surface area contributed by atoms with Crippen molar-refractivity contribution in [2.75, 3.05) is 18.9 Å². The molecule has 0 amide bonds. The van der Waals surface area contributed by atoms with Crippen LogP contribution < -0.4 is 16.4 Å². The smallest absolute Gasteiger partial charge is 0.126 e. The van der Waals surface area contributed by atoms with Crippen molar-refractivity contribution in [1.29, 1.82) is 0 Å². The van der Waals surface area contributed by atoms with E-state index in [4.69, 9.17) is 5.73 Å². The Morgan fingerprint density at radius 1 is 1.37 bits per heavy atom. The number of nitrogens with one attached hydrogen (secondary N) is 2. The van der Waals surface area contributed by atoms with Gasteiger partial charge in [0, 0.05) is 31.4 Å². The summed E-state index contributed by atoms with van der Waals surface area (Å²) in [5.74, 6) is 0.891. The average molecular weight is 256 g/mol. The maximum absolute atomic E-state index is 6.03. The number of fused-ring (bicyclic) bond motifs is 1. The molecule has 0 spiro atoms. The number of anilines is 1. The summed E-state index contributed by atoms with van der Waals surface area (Å²) in [6.07, 6.45) is 3.71. The van der Waals surface area contributed by atoms with E-state index in [0.29, 0.717) is 0 Å². The molecule has 19 heavy (non-hydrogen) atoms. The first-order valence-electron chi connectivity index (χ1n) is 6.43. The van der Waals surface area contributed by atoms with Gasteiger partial charge in [-0.3, -0.25) is 0 Å². The minimum absolute atomic E-state index is 0.731. The number of aryl methyl sites for hydroxylation is 1. The van der Waals surface area contributed by atoms with Gasteiger partial charge in [-0.1, -0.05) is 0 Å². The number of aromatic nitrogens is 1. The summed E-state index contributed by atoms with van der Waals surface area (Å²) in [6, 6.07) is 6.23. The number of hydrogen-bond donors (Lipinski definition) is 3. The van der Waals surface area contributed by atoms with Gasteiger partial charge in [0.15, 0.2) is 0 Å². The van der Waals surface area contributed by atoms with E-state index >= 15 is 0 Å². The van der Waals surface area contributed by atoms with Gasteiger partial charge in [0.05, 0.1) is 5.70 Å². The Hall–Kier alpha value is -2.23. The highest BCUT2D eigenvalue weighted by Gasteiger charge is 2.05. The maximum atomic E-state index is 6.03.